The van der Waals surface area contributed by atoms with Crippen molar-refractivity contribution in [2.45, 2.75) is 76.7 Å². The largest absolute Gasteiger partial charge is 0.481 e. The van der Waals surface area contributed by atoms with Crippen LogP contribution in [0.1, 0.15) is 71.1 Å². The van der Waals surface area contributed by atoms with Crippen LogP contribution in [-0.4, -0.2) is 33.5 Å². The first-order valence-electron chi connectivity index (χ1n) is 9.82. The van der Waals surface area contributed by atoms with Gasteiger partial charge in [-0.3, -0.25) is 4.79 Å². The number of unbranched alkanes of at least 4 members (excludes halogenated alkanes) is 3. The summed E-state index contributed by atoms with van der Waals surface area (Å²) in [4.78, 5) is 10.5. The van der Waals surface area contributed by atoms with E-state index in [1.54, 1.807) is 6.08 Å². The van der Waals surface area contributed by atoms with Crippen LogP contribution in [0.5, 0.6) is 0 Å². The number of carboxylic acids is 1. The van der Waals surface area contributed by atoms with Crippen molar-refractivity contribution in [3.63, 3.8) is 0 Å². The lowest BCUT2D eigenvalue weighted by Crippen LogP contribution is -2.39. The molecule has 0 aliphatic heterocycles. The molecule has 0 spiro atoms. The smallest absolute Gasteiger partial charge is 0.303 e. The van der Waals surface area contributed by atoms with Gasteiger partial charge in [0, 0.05) is 13.0 Å². The van der Waals surface area contributed by atoms with Crippen molar-refractivity contribution in [3.8, 4) is 0 Å². The van der Waals surface area contributed by atoms with Crippen molar-refractivity contribution < 1.29 is 20.1 Å². The van der Waals surface area contributed by atoms with Crippen LogP contribution in [0.3, 0.4) is 0 Å². The van der Waals surface area contributed by atoms with E-state index in [0.29, 0.717) is 6.42 Å². The molecule has 4 nitrogen and oxygen atoms in total. The van der Waals surface area contributed by atoms with E-state index in [4.69, 9.17) is 5.11 Å². The molecule has 144 valence electrons. The molecule has 3 N–H and O–H groups in total. The molecule has 0 heterocycles. The van der Waals surface area contributed by atoms with Crippen LogP contribution in [0.4, 0.5) is 0 Å². The Bertz CT molecular complexity index is 432. The van der Waals surface area contributed by atoms with Gasteiger partial charge in [0.25, 0.3) is 0 Å². The fourth-order valence-electron chi connectivity index (χ4n) is 4.19. The van der Waals surface area contributed by atoms with E-state index in [0.717, 1.165) is 51.4 Å². The third-order valence-electron chi connectivity index (χ3n) is 5.72. The molecule has 0 radical (unpaired) electrons. The molecule has 0 aromatic carbocycles. The standard InChI is InChI=1S/C21H36O4/c1-3-5-10-15-21(25,4-2)19-14-13-17(16-22)18(19)11-8-6-7-9-12-20(23)24/h4,6,8,17-19,22,25H,2-3,5,7,9-16H2,1H3,(H,23,24)/b8-6-/t17?,18?,19?,21-/m0/s1. The summed E-state index contributed by atoms with van der Waals surface area (Å²) >= 11 is 0. The molecule has 1 aliphatic rings. The Balaban J connectivity index is 2.65. The molecule has 4 heteroatoms. The van der Waals surface area contributed by atoms with E-state index < -0.39 is 11.6 Å². The summed E-state index contributed by atoms with van der Waals surface area (Å²) in [6, 6.07) is 0. The molecule has 1 saturated carbocycles. The molecule has 0 amide bonds. The highest BCUT2D eigenvalue weighted by Gasteiger charge is 2.45. The summed E-state index contributed by atoms with van der Waals surface area (Å²) in [6.45, 7) is 6.21. The van der Waals surface area contributed by atoms with Gasteiger partial charge in [0.2, 0.25) is 0 Å². The maximum Gasteiger partial charge on any atom is 0.303 e. The number of aliphatic hydroxyl groups is 2. The van der Waals surface area contributed by atoms with Crippen molar-refractivity contribution in [3.05, 3.63) is 24.8 Å². The highest BCUT2D eigenvalue weighted by molar-refractivity contribution is 5.66. The number of carbonyl (C=O) groups is 1. The van der Waals surface area contributed by atoms with Crippen LogP contribution in [0.15, 0.2) is 24.8 Å². The lowest BCUT2D eigenvalue weighted by molar-refractivity contribution is -0.137. The average molecular weight is 353 g/mol. The van der Waals surface area contributed by atoms with E-state index >= 15 is 0 Å². The molecule has 0 aromatic rings. The predicted molar refractivity (Wildman–Crippen MR) is 101 cm³/mol. The van der Waals surface area contributed by atoms with Gasteiger partial charge in [-0.05, 0) is 56.3 Å². The molecule has 1 rings (SSSR count). The second-order valence-corrected chi connectivity index (χ2v) is 7.44. The molecule has 1 fully saturated rings. The van der Waals surface area contributed by atoms with E-state index in [-0.39, 0.29) is 30.8 Å². The molecule has 3 unspecified atom stereocenters. The highest BCUT2D eigenvalue weighted by atomic mass is 16.4. The number of carboxylic acid groups (broad SMARTS) is 1. The van der Waals surface area contributed by atoms with Crippen molar-refractivity contribution in [1.82, 2.24) is 0 Å². The van der Waals surface area contributed by atoms with Crippen LogP contribution in [0.2, 0.25) is 0 Å². The molecule has 1 aliphatic carbocycles. The zero-order chi connectivity index (χ0) is 18.7. The first-order valence-corrected chi connectivity index (χ1v) is 9.82. The van der Waals surface area contributed by atoms with Gasteiger partial charge >= 0.3 is 5.97 Å². The van der Waals surface area contributed by atoms with E-state index in [2.05, 4.69) is 19.6 Å². The van der Waals surface area contributed by atoms with Crippen molar-refractivity contribution in [1.29, 1.82) is 0 Å². The minimum atomic E-state index is -0.846. The summed E-state index contributed by atoms with van der Waals surface area (Å²) in [5.74, 6) is -0.132. The average Bonchev–Trinajstić information content (AvgIpc) is 3.01. The number of aliphatic carboxylic acids is 1. The van der Waals surface area contributed by atoms with Crippen LogP contribution in [-0.2, 0) is 4.79 Å². The van der Waals surface area contributed by atoms with Crippen LogP contribution < -0.4 is 0 Å². The molecular weight excluding hydrogens is 316 g/mol. The molecule has 4 atom stereocenters. The van der Waals surface area contributed by atoms with E-state index in [9.17, 15) is 15.0 Å². The Kier molecular flexibility index (Phi) is 10.1. The lowest BCUT2D eigenvalue weighted by Gasteiger charge is -2.36. The fourth-order valence-corrected chi connectivity index (χ4v) is 4.19. The zero-order valence-electron chi connectivity index (χ0n) is 15.7. The fraction of sp³-hybridized carbons (Fsp3) is 0.762. The third kappa shape index (κ3) is 6.95. The second kappa shape index (κ2) is 11.5. The number of aliphatic hydroxyl groups excluding tert-OH is 1. The summed E-state index contributed by atoms with van der Waals surface area (Å²) in [7, 11) is 0. The van der Waals surface area contributed by atoms with Gasteiger partial charge in [-0.2, -0.15) is 0 Å². The quantitative estimate of drug-likeness (QED) is 0.341. The van der Waals surface area contributed by atoms with Crippen molar-refractivity contribution >= 4 is 5.97 Å². The van der Waals surface area contributed by atoms with Crippen LogP contribution >= 0.6 is 0 Å². The Labute approximate surface area is 152 Å². The molecular formula is C21H36O4. The molecule has 25 heavy (non-hydrogen) atoms. The third-order valence-corrected chi connectivity index (χ3v) is 5.72. The highest BCUT2D eigenvalue weighted by Crippen LogP contribution is 2.47. The lowest BCUT2D eigenvalue weighted by atomic mass is 9.74. The van der Waals surface area contributed by atoms with Gasteiger partial charge in [-0.15, -0.1) is 6.58 Å². The first kappa shape index (κ1) is 21.9. The van der Waals surface area contributed by atoms with Gasteiger partial charge in [0.1, 0.15) is 0 Å². The van der Waals surface area contributed by atoms with Gasteiger partial charge in [-0.25, -0.2) is 0 Å². The Morgan fingerprint density at radius 2 is 2.00 bits per heavy atom. The summed E-state index contributed by atoms with van der Waals surface area (Å²) in [6.07, 6.45) is 14.1. The number of rotatable bonds is 13. The zero-order valence-corrected chi connectivity index (χ0v) is 15.7. The van der Waals surface area contributed by atoms with Crippen LogP contribution in [0, 0.1) is 17.8 Å². The van der Waals surface area contributed by atoms with Gasteiger partial charge in [-0.1, -0.05) is 44.4 Å². The summed E-state index contributed by atoms with van der Waals surface area (Å²) in [5.41, 5.74) is -0.846. The van der Waals surface area contributed by atoms with E-state index in [1.807, 2.05) is 6.08 Å². The van der Waals surface area contributed by atoms with E-state index in [1.165, 1.54) is 0 Å². The number of hydrogen-bond donors (Lipinski definition) is 3. The topological polar surface area (TPSA) is 77.8 Å². The van der Waals surface area contributed by atoms with Crippen molar-refractivity contribution in [2.75, 3.05) is 6.61 Å². The minimum absolute atomic E-state index is 0.141. The first-order chi connectivity index (χ1) is 12.0. The Morgan fingerprint density at radius 3 is 2.60 bits per heavy atom. The maximum atomic E-state index is 11.1. The monoisotopic (exact) mass is 352 g/mol. The maximum absolute atomic E-state index is 11.1. The second-order valence-electron chi connectivity index (χ2n) is 7.44. The SMILES string of the molecule is C=C[C@](O)(CCCCC)C1CCC(CO)C1C/C=C\CCCC(=O)O. The summed E-state index contributed by atoms with van der Waals surface area (Å²) < 4.78 is 0. The van der Waals surface area contributed by atoms with Crippen molar-refractivity contribution in [2.24, 2.45) is 17.8 Å². The van der Waals surface area contributed by atoms with Gasteiger partial charge in [0.15, 0.2) is 0 Å². The predicted octanol–water partition coefficient (Wildman–Crippen LogP) is 4.32. The van der Waals surface area contributed by atoms with Crippen LogP contribution in [0.25, 0.3) is 0 Å². The Morgan fingerprint density at radius 1 is 1.24 bits per heavy atom. The minimum Gasteiger partial charge on any atom is -0.481 e. The molecule has 0 saturated heterocycles. The molecule has 0 bridgehead atoms. The normalized spacial score (nSPS) is 26.0. The number of allylic oxidation sites excluding steroid dienone is 2. The molecule has 0 aromatic heterocycles. The summed E-state index contributed by atoms with van der Waals surface area (Å²) in [5, 5.41) is 29.5. The Hall–Kier alpha value is -1.13. The van der Waals surface area contributed by atoms with Gasteiger partial charge in [0.05, 0.1) is 5.60 Å². The number of hydrogen-bond acceptors (Lipinski definition) is 3. The van der Waals surface area contributed by atoms with Gasteiger partial charge < -0.3 is 15.3 Å².